The summed E-state index contributed by atoms with van der Waals surface area (Å²) in [5, 5.41) is 27.8. The molecule has 3 heterocycles. The molecule has 188 valence electrons. The average Bonchev–Trinajstić information content (AvgIpc) is 3.38. The molecule has 0 saturated heterocycles. The van der Waals surface area contributed by atoms with Crippen LogP contribution in [0.25, 0.3) is 22.6 Å². The zero-order valence-electron chi connectivity index (χ0n) is 20.6. The molecule has 0 aliphatic heterocycles. The van der Waals surface area contributed by atoms with Crippen molar-refractivity contribution >= 4 is 17.6 Å². The van der Waals surface area contributed by atoms with E-state index in [0.29, 0.717) is 51.2 Å². The fraction of sp³-hybridized carbons (Fsp3) is 0.222. The Balaban J connectivity index is 0.000000886. The van der Waals surface area contributed by atoms with Gasteiger partial charge in [0.05, 0.1) is 11.3 Å². The van der Waals surface area contributed by atoms with Gasteiger partial charge in [0, 0.05) is 40.9 Å². The third-order valence-corrected chi connectivity index (χ3v) is 6.16. The number of nitriles is 2. The maximum atomic E-state index is 13.5. The number of hydrogen-bond donors (Lipinski definition) is 2. The molecule has 0 bridgehead atoms. The van der Waals surface area contributed by atoms with Crippen LogP contribution in [0, 0.1) is 42.3 Å². The second kappa shape index (κ2) is 12.6. The van der Waals surface area contributed by atoms with Crippen LogP contribution in [0.2, 0.25) is 0 Å². The van der Waals surface area contributed by atoms with Crippen LogP contribution >= 0.6 is 11.8 Å². The van der Waals surface area contributed by atoms with E-state index < -0.39 is 0 Å². The van der Waals surface area contributed by atoms with Gasteiger partial charge in [-0.1, -0.05) is 24.8 Å². The number of nitrogens with two attached hydrogens (primary N) is 1. The molecule has 0 saturated carbocycles. The van der Waals surface area contributed by atoms with Crippen molar-refractivity contribution in [1.29, 1.82) is 10.5 Å². The normalized spacial score (nSPS) is 10.2. The smallest absolute Gasteiger partial charge is 0.226 e. The van der Waals surface area contributed by atoms with E-state index >= 15 is 0 Å². The predicted molar refractivity (Wildman–Crippen MR) is 140 cm³/mol. The number of oxazole rings is 1. The first-order valence-electron chi connectivity index (χ1n) is 11.3. The average molecular weight is 517 g/mol. The molecule has 37 heavy (non-hydrogen) atoms. The van der Waals surface area contributed by atoms with Crippen molar-refractivity contribution in [3.63, 3.8) is 0 Å². The van der Waals surface area contributed by atoms with E-state index in [1.165, 1.54) is 24.1 Å². The van der Waals surface area contributed by atoms with Gasteiger partial charge in [-0.2, -0.15) is 10.5 Å². The van der Waals surface area contributed by atoms with Crippen molar-refractivity contribution < 1.29 is 13.9 Å². The van der Waals surface area contributed by atoms with Gasteiger partial charge in [0.15, 0.2) is 0 Å². The van der Waals surface area contributed by atoms with Crippen molar-refractivity contribution in [1.82, 2.24) is 15.0 Å². The van der Waals surface area contributed by atoms with Crippen LogP contribution in [-0.2, 0) is 5.75 Å². The molecule has 1 aromatic carbocycles. The summed E-state index contributed by atoms with van der Waals surface area (Å²) in [7, 11) is 0. The Bertz CT molecular complexity index is 1470. The van der Waals surface area contributed by atoms with Gasteiger partial charge in [-0.15, -0.1) is 0 Å². The number of aryl methyl sites for hydroxylation is 2. The van der Waals surface area contributed by atoms with E-state index in [0.717, 1.165) is 12.1 Å². The van der Waals surface area contributed by atoms with Gasteiger partial charge in [-0.05, 0) is 50.1 Å². The van der Waals surface area contributed by atoms with Crippen molar-refractivity contribution in [2.75, 3.05) is 12.3 Å². The van der Waals surface area contributed by atoms with E-state index in [4.69, 9.17) is 15.3 Å². The molecular formula is C27H25FN6O2S. The molecule has 0 amide bonds. The minimum Gasteiger partial charge on any atom is -0.444 e. The number of aromatic nitrogens is 3. The number of aliphatic hydroxyl groups is 1. The van der Waals surface area contributed by atoms with Gasteiger partial charge < -0.3 is 15.3 Å². The summed E-state index contributed by atoms with van der Waals surface area (Å²) in [6.45, 7) is 5.77. The summed E-state index contributed by atoms with van der Waals surface area (Å²) >= 11 is 1.26. The Morgan fingerprint density at radius 3 is 2.38 bits per heavy atom. The Labute approximate surface area is 218 Å². The first kappa shape index (κ1) is 27.3. The molecule has 10 heteroatoms. The lowest BCUT2D eigenvalue weighted by atomic mass is 9.98. The molecule has 0 atom stereocenters. The highest BCUT2D eigenvalue weighted by Crippen LogP contribution is 2.36. The van der Waals surface area contributed by atoms with Crippen LogP contribution in [0.5, 0.6) is 0 Å². The van der Waals surface area contributed by atoms with Crippen molar-refractivity contribution in [3.05, 3.63) is 76.7 Å². The van der Waals surface area contributed by atoms with Crippen molar-refractivity contribution in [3.8, 4) is 34.7 Å². The minimum atomic E-state index is -0.297. The van der Waals surface area contributed by atoms with Crippen LogP contribution < -0.4 is 5.73 Å². The molecule has 0 fully saturated rings. The summed E-state index contributed by atoms with van der Waals surface area (Å²) in [4.78, 5) is 13.0. The molecule has 3 aromatic heterocycles. The third-order valence-electron chi connectivity index (χ3n) is 5.15. The van der Waals surface area contributed by atoms with Gasteiger partial charge in [-0.3, -0.25) is 4.98 Å². The Morgan fingerprint density at radius 1 is 1.08 bits per heavy atom. The Hall–Kier alpha value is -4.25. The van der Waals surface area contributed by atoms with E-state index in [1.54, 1.807) is 37.4 Å². The summed E-state index contributed by atoms with van der Waals surface area (Å²) < 4.78 is 19.1. The molecule has 0 spiro atoms. The first-order chi connectivity index (χ1) is 17.8. The quantitative estimate of drug-likeness (QED) is 0.314. The Kier molecular flexibility index (Phi) is 9.33. The van der Waals surface area contributed by atoms with Gasteiger partial charge in [0.2, 0.25) is 5.89 Å². The molecule has 3 N–H and O–H groups in total. The zero-order chi connectivity index (χ0) is 26.9. The predicted octanol–water partition coefficient (Wildman–Crippen LogP) is 5.56. The molecular weight excluding hydrogens is 491 g/mol. The van der Waals surface area contributed by atoms with E-state index in [9.17, 15) is 14.9 Å². The number of hydrogen-bond acceptors (Lipinski definition) is 9. The topological polar surface area (TPSA) is 146 Å². The summed E-state index contributed by atoms with van der Waals surface area (Å²) in [5.41, 5.74) is 10.0. The van der Waals surface area contributed by atoms with E-state index in [-0.39, 0.29) is 22.8 Å². The van der Waals surface area contributed by atoms with Crippen LogP contribution in [0.15, 0.2) is 52.2 Å². The maximum Gasteiger partial charge on any atom is 0.226 e. The van der Waals surface area contributed by atoms with Crippen LogP contribution in [0.3, 0.4) is 0 Å². The molecule has 8 nitrogen and oxygen atoms in total. The lowest BCUT2D eigenvalue weighted by molar-refractivity contribution is 0.295. The number of nitrogen functional groups attached to an aromatic ring is 1. The summed E-state index contributed by atoms with van der Waals surface area (Å²) in [5.74, 6) is 0.460. The third kappa shape index (κ3) is 6.50. The number of pyridine rings is 2. The molecule has 4 rings (SSSR count). The number of anilines is 1. The SMILES string of the molecule is CCCO.Cc1ccc(-c2c(C#N)c(N)nc(SCc3coc(-c4ccc(F)c(C)c4)n3)c2C#N)cn1. The van der Waals surface area contributed by atoms with E-state index in [2.05, 4.69) is 27.1 Å². The highest BCUT2D eigenvalue weighted by Gasteiger charge is 2.21. The van der Waals surface area contributed by atoms with Gasteiger partial charge in [0.25, 0.3) is 0 Å². The summed E-state index contributed by atoms with van der Waals surface area (Å²) in [6.07, 6.45) is 3.99. The molecule has 0 radical (unpaired) electrons. The second-order valence-electron chi connectivity index (χ2n) is 7.96. The summed E-state index contributed by atoms with van der Waals surface area (Å²) in [6, 6.07) is 12.4. The highest BCUT2D eigenvalue weighted by molar-refractivity contribution is 7.98. The van der Waals surface area contributed by atoms with Gasteiger partial charge >= 0.3 is 0 Å². The fourth-order valence-electron chi connectivity index (χ4n) is 3.23. The molecule has 0 aliphatic carbocycles. The highest BCUT2D eigenvalue weighted by atomic mass is 32.2. The maximum absolute atomic E-state index is 13.5. The van der Waals surface area contributed by atoms with Crippen molar-refractivity contribution in [2.24, 2.45) is 0 Å². The number of rotatable bonds is 6. The lowest BCUT2D eigenvalue weighted by Crippen LogP contribution is -2.03. The number of nitrogens with zero attached hydrogens (tertiary/aromatic N) is 5. The van der Waals surface area contributed by atoms with Crippen molar-refractivity contribution in [2.45, 2.75) is 38.0 Å². The Morgan fingerprint density at radius 2 is 1.78 bits per heavy atom. The van der Waals surface area contributed by atoms with Gasteiger partial charge in [0.1, 0.15) is 40.6 Å². The number of aliphatic hydroxyl groups excluding tert-OH is 1. The van der Waals surface area contributed by atoms with Crippen LogP contribution in [0.4, 0.5) is 10.2 Å². The van der Waals surface area contributed by atoms with Crippen LogP contribution in [0.1, 0.15) is 41.4 Å². The fourth-order valence-corrected chi connectivity index (χ4v) is 4.10. The molecule has 0 unspecified atom stereocenters. The minimum absolute atomic E-state index is 0.0391. The van der Waals surface area contributed by atoms with E-state index in [1.807, 2.05) is 13.8 Å². The first-order valence-corrected chi connectivity index (χ1v) is 12.3. The standard InChI is InChI=1S/C24H17FN6OS.C3H8O/c1-13-7-15(5-6-20(13)25)23-30-17(11-32-23)12-33-24-19(9-27)21(18(8-26)22(28)31-24)16-4-3-14(2)29-10-16;1-2-3-4/h3-7,10-11H,12H2,1-2H3,(H2,28,31);4H,2-3H2,1H3. The zero-order valence-corrected chi connectivity index (χ0v) is 21.4. The number of thioether (sulfide) groups is 1. The van der Waals surface area contributed by atoms with Gasteiger partial charge in [-0.25, -0.2) is 14.4 Å². The number of halogens is 1. The molecule has 4 aromatic rings. The lowest BCUT2D eigenvalue weighted by Gasteiger charge is -2.12. The largest absolute Gasteiger partial charge is 0.444 e. The monoisotopic (exact) mass is 516 g/mol. The number of benzene rings is 1. The second-order valence-corrected chi connectivity index (χ2v) is 8.92. The van der Waals surface area contributed by atoms with Crippen LogP contribution in [-0.4, -0.2) is 26.7 Å². The molecule has 0 aliphatic rings.